The van der Waals surface area contributed by atoms with Crippen LogP contribution >= 0.6 is 11.3 Å². The van der Waals surface area contributed by atoms with Crippen molar-refractivity contribution in [3.63, 3.8) is 0 Å². The summed E-state index contributed by atoms with van der Waals surface area (Å²) in [5.74, 6) is 0.551. The second-order valence-electron chi connectivity index (χ2n) is 8.30. The van der Waals surface area contributed by atoms with E-state index in [1.807, 2.05) is 33.0 Å². The van der Waals surface area contributed by atoms with Crippen LogP contribution < -0.4 is 24.4 Å². The Bertz CT molecular complexity index is 1520. The summed E-state index contributed by atoms with van der Waals surface area (Å²) in [6.07, 6.45) is 1.89. The molecule has 1 aliphatic rings. The molecule has 1 aromatic carbocycles. The molecule has 1 atom stereocenters. The van der Waals surface area contributed by atoms with Crippen molar-refractivity contribution in [1.82, 2.24) is 9.13 Å². The molecule has 1 aliphatic heterocycles. The van der Waals surface area contributed by atoms with E-state index >= 15 is 0 Å². The maximum Gasteiger partial charge on any atom is 0.338 e. The monoisotopic (exact) mass is 495 g/mol. The van der Waals surface area contributed by atoms with Crippen LogP contribution in [0.5, 0.6) is 11.5 Å². The van der Waals surface area contributed by atoms with Crippen LogP contribution in [0, 0.1) is 13.8 Å². The molecular weight excluding hydrogens is 466 g/mol. The number of aryl methyl sites for hydroxylation is 1. The standard InChI is InChI=1S/C26H29N3O5S/c1-8-34-25(31)22-15(3)27-26-29(23(22)17-9-10-19(32-6)20(12-17)33-7)24(30)21(35-26)13-18-11-14(2)28(5)16(18)4/h9-13,23H,8H2,1-7H3/b21-13+/t23-/m1/s1. The number of rotatable bonds is 6. The number of esters is 1. The van der Waals surface area contributed by atoms with Crippen molar-refractivity contribution in [3.05, 3.63) is 77.7 Å². The van der Waals surface area contributed by atoms with Crippen molar-refractivity contribution >= 4 is 23.4 Å². The van der Waals surface area contributed by atoms with Gasteiger partial charge >= 0.3 is 5.97 Å². The summed E-state index contributed by atoms with van der Waals surface area (Å²) in [4.78, 5) is 32.0. The van der Waals surface area contributed by atoms with E-state index in [0.717, 1.165) is 17.0 Å². The number of hydrogen-bond donors (Lipinski definition) is 0. The Kier molecular flexibility index (Phi) is 6.71. The van der Waals surface area contributed by atoms with E-state index in [1.165, 1.54) is 11.3 Å². The quantitative estimate of drug-likeness (QED) is 0.491. The Morgan fingerprint density at radius 2 is 1.86 bits per heavy atom. The smallest absolute Gasteiger partial charge is 0.338 e. The van der Waals surface area contributed by atoms with Gasteiger partial charge in [-0.2, -0.15) is 0 Å². The number of benzene rings is 1. The van der Waals surface area contributed by atoms with Crippen molar-refractivity contribution in [2.24, 2.45) is 12.0 Å². The highest BCUT2D eigenvalue weighted by atomic mass is 32.1. The zero-order chi connectivity index (χ0) is 25.4. The number of fused-ring (bicyclic) bond motifs is 1. The fourth-order valence-corrected chi connectivity index (χ4v) is 5.34. The first-order valence-electron chi connectivity index (χ1n) is 11.3. The van der Waals surface area contributed by atoms with Crippen LogP contribution in [-0.4, -0.2) is 35.9 Å². The number of carbonyl (C=O) groups is 1. The molecule has 3 aromatic rings. The highest BCUT2D eigenvalue weighted by Gasteiger charge is 2.34. The second kappa shape index (κ2) is 9.58. The number of nitrogens with zero attached hydrogens (tertiary/aromatic N) is 3. The first-order valence-corrected chi connectivity index (χ1v) is 12.1. The molecule has 4 rings (SSSR count). The number of allylic oxidation sites excluding steroid dienone is 1. The number of carbonyl (C=O) groups excluding carboxylic acids is 1. The molecule has 2 aromatic heterocycles. The molecule has 35 heavy (non-hydrogen) atoms. The third-order valence-electron chi connectivity index (χ3n) is 6.34. The average Bonchev–Trinajstić information content (AvgIpc) is 3.27. The van der Waals surface area contributed by atoms with E-state index < -0.39 is 12.0 Å². The predicted molar refractivity (Wildman–Crippen MR) is 135 cm³/mol. The fourth-order valence-electron chi connectivity index (χ4n) is 4.30. The van der Waals surface area contributed by atoms with Gasteiger partial charge in [0.15, 0.2) is 16.3 Å². The van der Waals surface area contributed by atoms with E-state index in [4.69, 9.17) is 14.2 Å². The van der Waals surface area contributed by atoms with Gasteiger partial charge in [0, 0.05) is 18.4 Å². The van der Waals surface area contributed by atoms with Crippen LogP contribution in [-0.2, 0) is 16.6 Å². The molecule has 0 spiro atoms. The SMILES string of the molecule is CCOC(=O)C1=C(C)N=c2s/c(=C/c3cc(C)n(C)c3C)c(=O)n2[C@@H]1c1ccc(OC)c(OC)c1. The summed E-state index contributed by atoms with van der Waals surface area (Å²) in [5, 5.41) is 0. The Labute approximate surface area is 207 Å². The van der Waals surface area contributed by atoms with Crippen LogP contribution in [0.2, 0.25) is 0 Å². The summed E-state index contributed by atoms with van der Waals surface area (Å²) in [6.45, 7) is 7.77. The number of ether oxygens (including phenoxy) is 3. The highest BCUT2D eigenvalue weighted by Crippen LogP contribution is 2.36. The lowest BCUT2D eigenvalue weighted by molar-refractivity contribution is -0.139. The minimum Gasteiger partial charge on any atom is -0.493 e. The van der Waals surface area contributed by atoms with E-state index in [2.05, 4.69) is 15.6 Å². The summed E-state index contributed by atoms with van der Waals surface area (Å²) in [5.41, 5.74) is 4.45. The molecular formula is C26H29N3O5S. The van der Waals surface area contributed by atoms with E-state index in [9.17, 15) is 9.59 Å². The van der Waals surface area contributed by atoms with Gasteiger partial charge in [-0.05, 0) is 63.1 Å². The second-order valence-corrected chi connectivity index (χ2v) is 9.31. The Morgan fingerprint density at radius 3 is 2.46 bits per heavy atom. The van der Waals surface area contributed by atoms with E-state index in [1.54, 1.807) is 44.8 Å². The summed E-state index contributed by atoms with van der Waals surface area (Å²) < 4.78 is 20.4. The third-order valence-corrected chi connectivity index (χ3v) is 7.32. The van der Waals surface area contributed by atoms with Gasteiger partial charge in [0.25, 0.3) is 5.56 Å². The van der Waals surface area contributed by atoms with Crippen molar-refractivity contribution in [2.75, 3.05) is 20.8 Å². The topological polar surface area (TPSA) is 84.1 Å². The molecule has 0 saturated carbocycles. The molecule has 0 fully saturated rings. The zero-order valence-corrected chi connectivity index (χ0v) is 21.8. The minimum absolute atomic E-state index is 0.214. The van der Waals surface area contributed by atoms with Crippen molar-refractivity contribution < 1.29 is 19.0 Å². The lowest BCUT2D eigenvalue weighted by Crippen LogP contribution is -2.40. The Hall–Kier alpha value is -3.59. The maximum absolute atomic E-state index is 13.8. The largest absolute Gasteiger partial charge is 0.493 e. The van der Waals surface area contributed by atoms with Crippen molar-refractivity contribution in [1.29, 1.82) is 0 Å². The van der Waals surface area contributed by atoms with Crippen LogP contribution in [0.3, 0.4) is 0 Å². The molecule has 9 heteroatoms. The van der Waals surface area contributed by atoms with Crippen LogP contribution in [0.25, 0.3) is 6.08 Å². The van der Waals surface area contributed by atoms with Crippen LogP contribution in [0.15, 0.2) is 45.3 Å². The van der Waals surface area contributed by atoms with Gasteiger partial charge in [0.05, 0.1) is 42.7 Å². The average molecular weight is 496 g/mol. The predicted octanol–water partition coefficient (Wildman–Crippen LogP) is 2.77. The molecule has 0 radical (unpaired) electrons. The molecule has 8 nitrogen and oxygen atoms in total. The van der Waals surface area contributed by atoms with Gasteiger partial charge in [-0.3, -0.25) is 9.36 Å². The molecule has 3 heterocycles. The van der Waals surface area contributed by atoms with Gasteiger partial charge in [0.2, 0.25) is 0 Å². The molecule has 184 valence electrons. The van der Waals surface area contributed by atoms with Gasteiger partial charge < -0.3 is 18.8 Å². The van der Waals surface area contributed by atoms with Gasteiger partial charge in [-0.1, -0.05) is 17.4 Å². The van der Waals surface area contributed by atoms with Crippen LogP contribution in [0.4, 0.5) is 0 Å². The maximum atomic E-state index is 13.8. The molecule has 0 unspecified atom stereocenters. The summed E-state index contributed by atoms with van der Waals surface area (Å²) in [7, 11) is 5.10. The molecule has 0 bridgehead atoms. The summed E-state index contributed by atoms with van der Waals surface area (Å²) in [6, 6.07) is 6.70. The first-order chi connectivity index (χ1) is 16.7. The van der Waals surface area contributed by atoms with Crippen molar-refractivity contribution in [2.45, 2.75) is 33.7 Å². The van der Waals surface area contributed by atoms with Gasteiger partial charge in [-0.15, -0.1) is 0 Å². The lowest BCUT2D eigenvalue weighted by Gasteiger charge is -2.25. The fraction of sp³-hybridized carbons (Fsp3) is 0.346. The van der Waals surface area contributed by atoms with Gasteiger partial charge in [-0.25, -0.2) is 9.79 Å². The Morgan fingerprint density at radius 1 is 1.14 bits per heavy atom. The number of aromatic nitrogens is 2. The molecule has 0 N–H and O–H groups in total. The molecule has 0 aliphatic carbocycles. The highest BCUT2D eigenvalue weighted by molar-refractivity contribution is 7.07. The Balaban J connectivity index is 1.99. The molecule has 0 amide bonds. The lowest BCUT2D eigenvalue weighted by atomic mass is 9.95. The number of methoxy groups -OCH3 is 2. The number of thiazole rings is 1. The minimum atomic E-state index is -0.717. The van der Waals surface area contributed by atoms with Crippen LogP contribution in [0.1, 0.15) is 42.4 Å². The summed E-state index contributed by atoms with van der Waals surface area (Å²) >= 11 is 1.30. The number of hydrogen-bond acceptors (Lipinski definition) is 7. The first kappa shape index (κ1) is 24.5. The van der Waals surface area contributed by atoms with Crippen molar-refractivity contribution in [3.8, 4) is 11.5 Å². The normalized spacial score (nSPS) is 15.6. The zero-order valence-electron chi connectivity index (χ0n) is 21.0. The van der Waals surface area contributed by atoms with Gasteiger partial charge in [0.1, 0.15) is 0 Å². The third kappa shape index (κ3) is 4.20. The van der Waals surface area contributed by atoms with E-state index in [-0.39, 0.29) is 12.2 Å². The molecule has 0 saturated heterocycles. The van der Waals surface area contributed by atoms with E-state index in [0.29, 0.717) is 37.7 Å².